The van der Waals surface area contributed by atoms with Crippen molar-refractivity contribution < 1.29 is 14.5 Å². The highest BCUT2D eigenvalue weighted by Gasteiger charge is 2.42. The quantitative estimate of drug-likeness (QED) is 0.380. The normalized spacial score (nSPS) is 19.2. The summed E-state index contributed by atoms with van der Waals surface area (Å²) in [5, 5.41) is 13.6. The van der Waals surface area contributed by atoms with Crippen molar-refractivity contribution in [1.82, 2.24) is 19.8 Å². The number of ether oxygens (including phenoxy) is 1. The number of amides is 1. The lowest BCUT2D eigenvalue weighted by atomic mass is 9.99. The standard InChI is InChI=1S/C16H24Cl3N5O4/c1-3-12-6-4-5-7-23(12)14(16(17,18)19)21-15(25)28-9-8-22-11(2)20-10-13(22)24(26)27/h10,12,14H,3-9H2,1-2H3,(H,21,25)/t12-,14+/m0/s1. The van der Waals surface area contributed by atoms with Gasteiger partial charge in [0, 0.05) is 19.5 Å². The van der Waals surface area contributed by atoms with Gasteiger partial charge in [-0.05, 0) is 24.2 Å². The first kappa shape index (κ1) is 23.0. The minimum atomic E-state index is -1.73. The molecule has 28 heavy (non-hydrogen) atoms. The van der Waals surface area contributed by atoms with E-state index in [0.717, 1.165) is 31.9 Å². The maximum absolute atomic E-state index is 12.3. The largest absolute Gasteiger partial charge is 0.445 e. The molecule has 12 heteroatoms. The Morgan fingerprint density at radius 2 is 2.21 bits per heavy atom. The van der Waals surface area contributed by atoms with E-state index < -0.39 is 21.0 Å². The zero-order valence-corrected chi connectivity index (χ0v) is 18.0. The van der Waals surface area contributed by atoms with E-state index in [2.05, 4.69) is 17.2 Å². The van der Waals surface area contributed by atoms with Crippen LogP contribution < -0.4 is 5.32 Å². The number of nitrogens with one attached hydrogen (secondary N) is 1. The highest BCUT2D eigenvalue weighted by Crippen LogP contribution is 2.35. The number of nitro groups is 1. The van der Waals surface area contributed by atoms with Crippen molar-refractivity contribution in [2.75, 3.05) is 13.2 Å². The van der Waals surface area contributed by atoms with Gasteiger partial charge in [-0.3, -0.25) is 4.90 Å². The highest BCUT2D eigenvalue weighted by molar-refractivity contribution is 6.68. The van der Waals surface area contributed by atoms with Crippen molar-refractivity contribution in [2.24, 2.45) is 0 Å². The molecule has 2 heterocycles. The van der Waals surface area contributed by atoms with Gasteiger partial charge < -0.3 is 20.2 Å². The number of carbonyl (C=O) groups excluding carboxylic acids is 1. The van der Waals surface area contributed by atoms with Gasteiger partial charge in [0.15, 0.2) is 5.82 Å². The molecule has 1 saturated heterocycles. The maximum Gasteiger partial charge on any atom is 0.408 e. The summed E-state index contributed by atoms with van der Waals surface area (Å²) in [4.78, 5) is 28.6. The van der Waals surface area contributed by atoms with Crippen molar-refractivity contribution in [3.63, 3.8) is 0 Å². The van der Waals surface area contributed by atoms with Crippen LogP contribution in [0.5, 0.6) is 0 Å². The van der Waals surface area contributed by atoms with Crippen molar-refractivity contribution in [3.8, 4) is 0 Å². The predicted molar refractivity (Wildman–Crippen MR) is 107 cm³/mol. The Bertz CT molecular complexity index is 694. The Morgan fingerprint density at radius 1 is 1.50 bits per heavy atom. The first-order chi connectivity index (χ1) is 13.1. The van der Waals surface area contributed by atoms with Crippen LogP contribution in [-0.4, -0.2) is 54.6 Å². The van der Waals surface area contributed by atoms with E-state index in [1.54, 1.807) is 6.92 Å². The monoisotopic (exact) mass is 455 g/mol. The molecule has 158 valence electrons. The molecule has 1 aromatic rings. The number of rotatable bonds is 7. The Hall–Kier alpha value is -1.29. The number of alkyl carbamates (subject to hydrolysis) is 1. The number of nitrogens with zero attached hydrogens (tertiary/aromatic N) is 4. The smallest absolute Gasteiger partial charge is 0.408 e. The van der Waals surface area contributed by atoms with E-state index >= 15 is 0 Å². The minimum absolute atomic E-state index is 0.0896. The Kier molecular flexibility index (Phi) is 8.18. The third-order valence-electron chi connectivity index (χ3n) is 4.81. The van der Waals surface area contributed by atoms with Crippen LogP contribution in [0.15, 0.2) is 6.20 Å². The minimum Gasteiger partial charge on any atom is -0.445 e. The van der Waals surface area contributed by atoms with Crippen molar-refractivity contribution in [2.45, 2.75) is 62.1 Å². The molecule has 1 amide bonds. The maximum atomic E-state index is 12.3. The van der Waals surface area contributed by atoms with Crippen LogP contribution in [0, 0.1) is 17.0 Å². The van der Waals surface area contributed by atoms with Crippen molar-refractivity contribution in [1.29, 1.82) is 0 Å². The summed E-state index contributed by atoms with van der Waals surface area (Å²) >= 11 is 18.4. The third-order valence-corrected chi connectivity index (χ3v) is 5.43. The van der Waals surface area contributed by atoms with Crippen LogP contribution >= 0.6 is 34.8 Å². The molecule has 9 nitrogen and oxygen atoms in total. The Morgan fingerprint density at radius 3 is 2.82 bits per heavy atom. The van der Waals surface area contributed by atoms with Gasteiger partial charge in [0.1, 0.15) is 25.5 Å². The highest BCUT2D eigenvalue weighted by atomic mass is 35.6. The Labute approximate surface area is 178 Å². The van der Waals surface area contributed by atoms with Gasteiger partial charge in [0.05, 0.1) is 0 Å². The molecule has 0 unspecified atom stereocenters. The first-order valence-corrected chi connectivity index (χ1v) is 10.2. The topological polar surface area (TPSA) is 103 Å². The number of aryl methyl sites for hydroxylation is 1. The van der Waals surface area contributed by atoms with Crippen LogP contribution in [0.3, 0.4) is 0 Å². The first-order valence-electron chi connectivity index (χ1n) is 9.07. The van der Waals surface area contributed by atoms with Gasteiger partial charge >= 0.3 is 11.9 Å². The van der Waals surface area contributed by atoms with E-state index in [4.69, 9.17) is 39.5 Å². The summed E-state index contributed by atoms with van der Waals surface area (Å²) in [6.07, 6.45) is 3.46. The average molecular weight is 457 g/mol. The lowest BCUT2D eigenvalue weighted by molar-refractivity contribution is -0.392. The number of imidazole rings is 1. The van der Waals surface area contributed by atoms with E-state index in [-0.39, 0.29) is 25.0 Å². The fraction of sp³-hybridized carbons (Fsp3) is 0.750. The Balaban J connectivity index is 1.97. The lowest BCUT2D eigenvalue weighted by Gasteiger charge is -2.43. The van der Waals surface area contributed by atoms with Gasteiger partial charge in [-0.15, -0.1) is 0 Å². The van der Waals surface area contributed by atoms with Crippen molar-refractivity contribution >= 4 is 46.7 Å². The number of alkyl halides is 3. The van der Waals surface area contributed by atoms with Gasteiger partial charge in [0.2, 0.25) is 3.79 Å². The number of hydrogen-bond acceptors (Lipinski definition) is 6. The van der Waals surface area contributed by atoms with E-state index in [9.17, 15) is 14.9 Å². The molecule has 1 fully saturated rings. The molecule has 0 saturated carbocycles. The fourth-order valence-corrected chi connectivity index (χ4v) is 3.96. The van der Waals surface area contributed by atoms with E-state index in [1.807, 2.05) is 4.90 Å². The van der Waals surface area contributed by atoms with Gasteiger partial charge in [-0.25, -0.2) is 14.3 Å². The summed E-state index contributed by atoms with van der Waals surface area (Å²) in [6.45, 7) is 4.39. The number of likely N-dealkylation sites (tertiary alicyclic amines) is 1. The van der Waals surface area contributed by atoms with Gasteiger partial charge in [-0.2, -0.15) is 0 Å². The molecule has 1 aromatic heterocycles. The molecular weight excluding hydrogens is 433 g/mol. The molecule has 0 aliphatic carbocycles. The van der Waals surface area contributed by atoms with Gasteiger partial charge in [-0.1, -0.05) is 48.1 Å². The molecule has 1 N–H and O–H groups in total. The number of piperidine rings is 1. The van der Waals surface area contributed by atoms with E-state index in [1.165, 1.54) is 4.57 Å². The zero-order valence-electron chi connectivity index (χ0n) is 15.7. The summed E-state index contributed by atoms with van der Waals surface area (Å²) < 4.78 is 4.79. The summed E-state index contributed by atoms with van der Waals surface area (Å²) in [6, 6.07) is 0.200. The molecule has 1 aliphatic rings. The van der Waals surface area contributed by atoms with Crippen LogP contribution in [0.2, 0.25) is 0 Å². The predicted octanol–water partition coefficient (Wildman–Crippen LogP) is 3.79. The second-order valence-electron chi connectivity index (χ2n) is 6.59. The fourth-order valence-electron chi connectivity index (χ4n) is 3.42. The second-order valence-corrected chi connectivity index (χ2v) is 8.96. The molecule has 0 bridgehead atoms. The molecule has 1 aliphatic heterocycles. The summed E-state index contributed by atoms with van der Waals surface area (Å²) in [5.74, 6) is 0.286. The third kappa shape index (κ3) is 5.85. The number of halogens is 3. The van der Waals surface area contributed by atoms with Crippen LogP contribution in [0.1, 0.15) is 38.4 Å². The van der Waals surface area contributed by atoms with Crippen LogP contribution in [0.25, 0.3) is 0 Å². The van der Waals surface area contributed by atoms with Crippen LogP contribution in [-0.2, 0) is 11.3 Å². The van der Waals surface area contributed by atoms with Crippen molar-refractivity contribution in [3.05, 3.63) is 22.1 Å². The summed E-state index contributed by atoms with van der Waals surface area (Å²) in [5.41, 5.74) is 0. The lowest BCUT2D eigenvalue weighted by Crippen LogP contribution is -2.59. The molecule has 2 rings (SSSR count). The summed E-state index contributed by atoms with van der Waals surface area (Å²) in [7, 11) is 0. The SMILES string of the molecule is CC[C@H]1CCCCN1[C@@H](NC(=O)OCCn1c([N+](=O)[O-])cnc1C)C(Cl)(Cl)Cl. The second kappa shape index (κ2) is 9.96. The molecular formula is C16H24Cl3N5O4. The molecule has 0 radical (unpaired) electrons. The molecule has 0 aromatic carbocycles. The average Bonchev–Trinajstić information content (AvgIpc) is 3.00. The molecule has 2 atom stereocenters. The number of aromatic nitrogens is 2. The number of carbonyl (C=O) groups is 1. The number of hydrogen-bond donors (Lipinski definition) is 1. The molecule has 0 spiro atoms. The van der Waals surface area contributed by atoms with E-state index in [0.29, 0.717) is 12.4 Å². The van der Waals surface area contributed by atoms with Crippen LogP contribution in [0.4, 0.5) is 10.6 Å². The van der Waals surface area contributed by atoms with Gasteiger partial charge in [0.25, 0.3) is 0 Å². The zero-order chi connectivity index (χ0) is 20.9.